The molecule has 26 heavy (non-hydrogen) atoms. The summed E-state index contributed by atoms with van der Waals surface area (Å²) in [6.45, 7) is 2.23. The summed E-state index contributed by atoms with van der Waals surface area (Å²) in [5.41, 5.74) is -0.0882. The SMILES string of the molecule is CCCCCCCCCCCCCC(=O)Oc1ccccc1C(=O)[O-].[Na+]. The van der Waals surface area contributed by atoms with Gasteiger partial charge in [-0.05, 0) is 18.6 Å². The van der Waals surface area contributed by atoms with Crippen molar-refractivity contribution in [2.75, 3.05) is 0 Å². The molecule has 0 aliphatic heterocycles. The molecule has 5 heteroatoms. The van der Waals surface area contributed by atoms with Crippen LogP contribution in [0.25, 0.3) is 0 Å². The summed E-state index contributed by atoms with van der Waals surface area (Å²) in [7, 11) is 0. The Kier molecular flexibility index (Phi) is 15.8. The molecule has 0 N–H and O–H groups in total. The van der Waals surface area contributed by atoms with E-state index in [-0.39, 0.29) is 46.8 Å². The largest absolute Gasteiger partial charge is 1.00 e. The minimum atomic E-state index is -1.34. The summed E-state index contributed by atoms with van der Waals surface area (Å²) in [4.78, 5) is 22.8. The van der Waals surface area contributed by atoms with Gasteiger partial charge in [0.15, 0.2) is 0 Å². The molecular weight excluding hydrogens is 339 g/mol. The minimum absolute atomic E-state index is 0. The summed E-state index contributed by atoms with van der Waals surface area (Å²) in [5.74, 6) is -1.65. The number of rotatable bonds is 14. The van der Waals surface area contributed by atoms with Crippen LogP contribution in [0.3, 0.4) is 0 Å². The maximum atomic E-state index is 11.8. The van der Waals surface area contributed by atoms with Crippen LogP contribution in [0.15, 0.2) is 24.3 Å². The summed E-state index contributed by atoms with van der Waals surface area (Å²) in [5, 5.41) is 11.0. The van der Waals surface area contributed by atoms with Gasteiger partial charge >= 0.3 is 35.5 Å². The van der Waals surface area contributed by atoms with Gasteiger partial charge in [0.2, 0.25) is 0 Å². The van der Waals surface area contributed by atoms with Gasteiger partial charge < -0.3 is 14.6 Å². The smallest absolute Gasteiger partial charge is 0.545 e. The van der Waals surface area contributed by atoms with Gasteiger partial charge in [-0.3, -0.25) is 4.79 Å². The van der Waals surface area contributed by atoms with Gasteiger partial charge in [-0.2, -0.15) is 0 Å². The van der Waals surface area contributed by atoms with Crippen LogP contribution in [0, 0.1) is 0 Å². The first-order valence-electron chi connectivity index (χ1n) is 9.66. The normalized spacial score (nSPS) is 10.2. The molecule has 0 aliphatic rings. The molecule has 0 spiro atoms. The number of esters is 1. The van der Waals surface area contributed by atoms with Crippen molar-refractivity contribution in [3.05, 3.63) is 29.8 Å². The predicted molar refractivity (Wildman–Crippen MR) is 97.5 cm³/mol. The number of carboxylic acid groups (broad SMARTS) is 1. The standard InChI is InChI=1S/C21H32O4.Na/c1-2-3-4-5-6-7-8-9-10-11-12-17-20(22)25-19-16-14-13-15-18(19)21(23)24;/h13-16H,2-12,17H2,1H3,(H,23,24);/q;+1/p-1. The van der Waals surface area contributed by atoms with Crippen molar-refractivity contribution in [3.63, 3.8) is 0 Å². The number of aromatic carboxylic acids is 1. The zero-order valence-corrected chi connectivity index (χ0v) is 18.4. The fraction of sp³-hybridized carbons (Fsp3) is 0.619. The zero-order valence-electron chi connectivity index (χ0n) is 16.4. The Hall–Kier alpha value is -0.840. The Bertz CT molecular complexity index is 516. The summed E-state index contributed by atoms with van der Waals surface area (Å²) in [6.07, 6.45) is 13.7. The Morgan fingerprint density at radius 1 is 0.846 bits per heavy atom. The van der Waals surface area contributed by atoms with E-state index in [1.165, 1.54) is 63.5 Å². The Balaban J connectivity index is 0.00000625. The third-order valence-electron chi connectivity index (χ3n) is 4.32. The van der Waals surface area contributed by atoms with Crippen LogP contribution in [-0.2, 0) is 4.79 Å². The molecule has 4 nitrogen and oxygen atoms in total. The number of carbonyl (C=O) groups excluding carboxylic acids is 2. The molecule has 1 aromatic rings. The molecule has 1 aromatic carbocycles. The van der Waals surface area contributed by atoms with Crippen molar-refractivity contribution < 1.29 is 49.0 Å². The van der Waals surface area contributed by atoms with Crippen LogP contribution >= 0.6 is 0 Å². The molecule has 0 saturated heterocycles. The number of ether oxygens (including phenoxy) is 1. The van der Waals surface area contributed by atoms with Crippen molar-refractivity contribution in [1.29, 1.82) is 0 Å². The molecule has 0 bridgehead atoms. The van der Waals surface area contributed by atoms with Gasteiger partial charge in [-0.1, -0.05) is 83.3 Å². The Morgan fingerprint density at radius 3 is 1.88 bits per heavy atom. The number of carboxylic acids is 1. The van der Waals surface area contributed by atoms with Crippen molar-refractivity contribution >= 4 is 11.9 Å². The van der Waals surface area contributed by atoms with E-state index in [2.05, 4.69) is 6.92 Å². The van der Waals surface area contributed by atoms with Gasteiger partial charge in [-0.15, -0.1) is 0 Å². The first-order chi connectivity index (χ1) is 12.1. The average Bonchev–Trinajstić information content (AvgIpc) is 2.60. The fourth-order valence-electron chi connectivity index (χ4n) is 2.83. The van der Waals surface area contributed by atoms with E-state index in [9.17, 15) is 14.7 Å². The Labute approximate surface area is 180 Å². The molecule has 0 aromatic heterocycles. The van der Waals surface area contributed by atoms with E-state index in [1.807, 2.05) is 0 Å². The van der Waals surface area contributed by atoms with Crippen LogP contribution in [-0.4, -0.2) is 11.9 Å². The third kappa shape index (κ3) is 11.7. The minimum Gasteiger partial charge on any atom is -0.545 e. The number of para-hydroxylation sites is 1. The summed E-state index contributed by atoms with van der Waals surface area (Å²) in [6, 6.07) is 6.06. The molecular formula is C21H31NaO4. The van der Waals surface area contributed by atoms with E-state index < -0.39 is 5.97 Å². The van der Waals surface area contributed by atoms with E-state index in [0.29, 0.717) is 6.42 Å². The topological polar surface area (TPSA) is 66.4 Å². The molecule has 140 valence electrons. The van der Waals surface area contributed by atoms with Crippen LogP contribution in [0.5, 0.6) is 5.75 Å². The number of hydrogen-bond donors (Lipinski definition) is 0. The fourth-order valence-corrected chi connectivity index (χ4v) is 2.83. The number of hydrogen-bond acceptors (Lipinski definition) is 4. The molecule has 0 aliphatic carbocycles. The van der Waals surface area contributed by atoms with Crippen LogP contribution < -0.4 is 39.4 Å². The molecule has 0 amide bonds. The maximum Gasteiger partial charge on any atom is 1.00 e. The summed E-state index contributed by atoms with van der Waals surface area (Å²) < 4.78 is 5.14. The average molecular weight is 370 g/mol. The summed E-state index contributed by atoms with van der Waals surface area (Å²) >= 11 is 0. The van der Waals surface area contributed by atoms with E-state index >= 15 is 0 Å². The second-order valence-electron chi connectivity index (χ2n) is 6.54. The molecule has 0 fully saturated rings. The molecule has 0 radical (unpaired) electrons. The van der Waals surface area contributed by atoms with Gasteiger partial charge in [-0.25, -0.2) is 0 Å². The number of carbonyl (C=O) groups is 2. The monoisotopic (exact) mass is 370 g/mol. The molecule has 0 unspecified atom stereocenters. The first-order valence-corrected chi connectivity index (χ1v) is 9.66. The van der Waals surface area contributed by atoms with E-state index in [0.717, 1.165) is 19.3 Å². The van der Waals surface area contributed by atoms with Gasteiger partial charge in [0, 0.05) is 12.0 Å². The third-order valence-corrected chi connectivity index (χ3v) is 4.32. The predicted octanol–water partition coefficient (Wildman–Crippen LogP) is 1.66. The maximum absolute atomic E-state index is 11.8. The molecule has 0 heterocycles. The van der Waals surface area contributed by atoms with Gasteiger partial charge in [0.05, 0.1) is 5.97 Å². The van der Waals surface area contributed by atoms with Crippen molar-refractivity contribution in [3.8, 4) is 5.75 Å². The second kappa shape index (κ2) is 16.3. The number of benzene rings is 1. The number of unbranched alkanes of at least 4 members (excludes halogenated alkanes) is 10. The zero-order chi connectivity index (χ0) is 18.3. The van der Waals surface area contributed by atoms with Crippen LogP contribution in [0.1, 0.15) is 94.3 Å². The Morgan fingerprint density at radius 2 is 1.35 bits per heavy atom. The van der Waals surface area contributed by atoms with Crippen molar-refractivity contribution in [1.82, 2.24) is 0 Å². The van der Waals surface area contributed by atoms with E-state index in [1.54, 1.807) is 12.1 Å². The van der Waals surface area contributed by atoms with Crippen LogP contribution in [0.2, 0.25) is 0 Å². The van der Waals surface area contributed by atoms with Gasteiger partial charge in [0.1, 0.15) is 5.75 Å². The van der Waals surface area contributed by atoms with Crippen molar-refractivity contribution in [2.24, 2.45) is 0 Å². The first kappa shape index (κ1) is 25.2. The van der Waals surface area contributed by atoms with Gasteiger partial charge in [0.25, 0.3) is 0 Å². The van der Waals surface area contributed by atoms with Crippen molar-refractivity contribution in [2.45, 2.75) is 84.0 Å². The second-order valence-corrected chi connectivity index (χ2v) is 6.54. The molecule has 0 saturated carbocycles. The molecule has 0 atom stereocenters. The van der Waals surface area contributed by atoms with E-state index in [4.69, 9.17) is 4.74 Å². The van der Waals surface area contributed by atoms with Crippen LogP contribution in [0.4, 0.5) is 0 Å². The molecule has 1 rings (SSSR count). The quantitative estimate of drug-likeness (QED) is 0.216.